The van der Waals surface area contributed by atoms with Crippen molar-refractivity contribution in [3.8, 4) is 20.9 Å². The molecule has 0 bridgehead atoms. The van der Waals surface area contributed by atoms with E-state index in [-0.39, 0.29) is 5.41 Å². The second kappa shape index (κ2) is 7.73. The minimum absolute atomic E-state index is 0.174. The van der Waals surface area contributed by atoms with Crippen molar-refractivity contribution in [2.24, 2.45) is 0 Å². The van der Waals surface area contributed by atoms with Crippen LogP contribution in [-0.2, 0) is 11.8 Å². The van der Waals surface area contributed by atoms with Crippen LogP contribution in [-0.4, -0.2) is 14.1 Å². The zero-order valence-corrected chi connectivity index (χ0v) is 22.1. The summed E-state index contributed by atoms with van der Waals surface area (Å²) in [6.45, 7) is 9.16. The van der Waals surface area contributed by atoms with Crippen molar-refractivity contribution >= 4 is 70.5 Å². The Morgan fingerprint density at radius 3 is 2.16 bits per heavy atom. The first-order chi connectivity index (χ1) is 14.8. The molecule has 0 N–H and O–H groups in total. The highest BCUT2D eigenvalue weighted by atomic mass is 32.1. The molecule has 5 rings (SSSR count). The van der Waals surface area contributed by atoms with Gasteiger partial charge in [-0.3, -0.25) is 0 Å². The highest BCUT2D eigenvalue weighted by molar-refractivity contribution is 7.25. The number of fused-ring (bicyclic) bond motifs is 2. The molecular weight excluding hydrogens is 455 g/mol. The Hall–Kier alpha value is -1.66. The van der Waals surface area contributed by atoms with Crippen molar-refractivity contribution in [3.05, 3.63) is 51.5 Å². The largest absolute Gasteiger partial charge is 0.370 e. The molecule has 0 aliphatic heterocycles. The van der Waals surface area contributed by atoms with Gasteiger partial charge in [0.1, 0.15) is 0 Å². The minimum atomic E-state index is 0.174. The van der Waals surface area contributed by atoms with Gasteiger partial charge in [-0.25, -0.2) is 0 Å². The van der Waals surface area contributed by atoms with Gasteiger partial charge in [-0.15, -0.1) is 45.3 Å². The quantitative estimate of drug-likeness (QED) is 0.247. The van der Waals surface area contributed by atoms with Crippen molar-refractivity contribution < 1.29 is 0 Å². The maximum Gasteiger partial charge on any atom is 0.0916 e. The highest BCUT2D eigenvalue weighted by Crippen LogP contribution is 2.52. The maximum absolute atomic E-state index is 2.40. The topological polar surface area (TPSA) is 3.24 Å². The lowest BCUT2D eigenvalue weighted by Gasteiger charge is -2.15. The van der Waals surface area contributed by atoms with Crippen LogP contribution in [0.25, 0.3) is 41.1 Å². The van der Waals surface area contributed by atoms with Gasteiger partial charge in [0.2, 0.25) is 0 Å². The van der Waals surface area contributed by atoms with Crippen molar-refractivity contribution in [1.29, 1.82) is 0 Å². The SMILES string of the molecule is CCc1ccc(-c2c3cc(N(C)C)sc3c(-c3ccc(C(C)(C)C)s3)c3ccsc23)s1. The second-order valence-corrected chi connectivity index (χ2v) is 13.4. The zero-order chi connectivity index (χ0) is 21.9. The molecule has 0 unspecified atom stereocenters. The van der Waals surface area contributed by atoms with E-state index in [0.717, 1.165) is 6.42 Å². The molecule has 5 aromatic rings. The van der Waals surface area contributed by atoms with Gasteiger partial charge in [0.25, 0.3) is 0 Å². The number of anilines is 1. The van der Waals surface area contributed by atoms with E-state index in [1.165, 1.54) is 55.8 Å². The molecule has 4 aromatic heterocycles. The molecule has 31 heavy (non-hydrogen) atoms. The van der Waals surface area contributed by atoms with E-state index in [0.29, 0.717) is 0 Å². The number of thiophene rings is 4. The molecule has 0 aliphatic rings. The van der Waals surface area contributed by atoms with Crippen LogP contribution in [0.4, 0.5) is 5.00 Å². The first kappa shape index (κ1) is 21.2. The first-order valence-electron chi connectivity index (χ1n) is 10.6. The predicted octanol–water partition coefficient (Wildman–Crippen LogP) is 9.50. The van der Waals surface area contributed by atoms with Crippen LogP contribution >= 0.6 is 45.3 Å². The van der Waals surface area contributed by atoms with Gasteiger partial charge in [0.15, 0.2) is 0 Å². The Morgan fingerprint density at radius 1 is 0.806 bits per heavy atom. The highest BCUT2D eigenvalue weighted by Gasteiger charge is 2.24. The fraction of sp³-hybridized carbons (Fsp3) is 0.308. The molecule has 0 spiro atoms. The summed E-state index contributed by atoms with van der Waals surface area (Å²) in [7, 11) is 4.30. The lowest BCUT2D eigenvalue weighted by atomic mass is 9.95. The molecule has 0 radical (unpaired) electrons. The lowest BCUT2D eigenvalue weighted by molar-refractivity contribution is 0.604. The van der Waals surface area contributed by atoms with Crippen LogP contribution in [0.2, 0.25) is 0 Å². The smallest absolute Gasteiger partial charge is 0.0916 e. The van der Waals surface area contributed by atoms with E-state index in [4.69, 9.17) is 0 Å². The summed E-state index contributed by atoms with van der Waals surface area (Å²) >= 11 is 7.71. The predicted molar refractivity (Wildman–Crippen MR) is 146 cm³/mol. The number of aryl methyl sites for hydroxylation is 1. The third-order valence-electron chi connectivity index (χ3n) is 5.67. The Balaban J connectivity index is 1.87. The van der Waals surface area contributed by atoms with E-state index in [1.807, 2.05) is 45.3 Å². The fourth-order valence-electron chi connectivity index (χ4n) is 3.98. The summed E-state index contributed by atoms with van der Waals surface area (Å²) in [5.74, 6) is 0. The van der Waals surface area contributed by atoms with Gasteiger partial charge in [-0.05, 0) is 53.6 Å². The summed E-state index contributed by atoms with van der Waals surface area (Å²) < 4.78 is 2.83. The second-order valence-electron chi connectivity index (χ2n) is 9.17. The zero-order valence-electron chi connectivity index (χ0n) is 18.8. The van der Waals surface area contributed by atoms with Gasteiger partial charge >= 0.3 is 0 Å². The normalized spacial score (nSPS) is 12.3. The van der Waals surface area contributed by atoms with Gasteiger partial charge in [0.05, 0.1) is 5.00 Å². The first-order valence-corrected chi connectivity index (χ1v) is 13.9. The van der Waals surface area contributed by atoms with Crippen LogP contribution in [0.3, 0.4) is 0 Å². The number of hydrogen-bond acceptors (Lipinski definition) is 5. The summed E-state index contributed by atoms with van der Waals surface area (Å²) in [6, 6.07) is 14.0. The fourth-order valence-corrected chi connectivity index (χ4v) is 8.39. The number of benzene rings is 1. The third kappa shape index (κ3) is 3.56. The van der Waals surface area contributed by atoms with Crippen molar-refractivity contribution in [2.45, 2.75) is 39.5 Å². The van der Waals surface area contributed by atoms with E-state index in [2.05, 4.69) is 88.5 Å². The average molecular weight is 482 g/mol. The summed E-state index contributed by atoms with van der Waals surface area (Å²) in [4.78, 5) is 7.92. The third-order valence-corrected chi connectivity index (χ3v) is 10.7. The summed E-state index contributed by atoms with van der Waals surface area (Å²) in [5.41, 5.74) is 3.01. The van der Waals surface area contributed by atoms with Crippen LogP contribution in [0, 0.1) is 0 Å². The molecule has 0 saturated carbocycles. The van der Waals surface area contributed by atoms with Crippen molar-refractivity contribution in [2.75, 3.05) is 19.0 Å². The molecule has 0 atom stereocenters. The molecule has 0 aliphatic carbocycles. The van der Waals surface area contributed by atoms with Crippen molar-refractivity contribution in [1.82, 2.24) is 0 Å². The molecule has 0 saturated heterocycles. The maximum atomic E-state index is 2.40. The molecule has 5 heteroatoms. The van der Waals surface area contributed by atoms with E-state index >= 15 is 0 Å². The molecule has 1 nitrogen and oxygen atoms in total. The van der Waals surface area contributed by atoms with Gasteiger partial charge in [-0.1, -0.05) is 27.7 Å². The van der Waals surface area contributed by atoms with E-state index in [1.54, 1.807) is 0 Å². The minimum Gasteiger partial charge on any atom is -0.370 e. The lowest BCUT2D eigenvalue weighted by Crippen LogP contribution is -2.07. The Kier molecular flexibility index (Phi) is 5.29. The number of nitrogens with zero attached hydrogens (tertiary/aromatic N) is 1. The molecule has 0 fully saturated rings. The standard InChI is InChI=1S/C26H27NS4/c1-7-15-8-9-18(29-15)23-17-14-21(27(5)6)31-25(17)22(16-12-13-28-24(16)23)19-10-11-20(30-19)26(2,3)4/h8-14H,7H2,1-6H3. The Labute approximate surface area is 200 Å². The van der Waals surface area contributed by atoms with Crippen LogP contribution in [0.15, 0.2) is 41.8 Å². The van der Waals surface area contributed by atoms with E-state index in [9.17, 15) is 0 Å². The summed E-state index contributed by atoms with van der Waals surface area (Å²) in [5, 5.41) is 6.37. The molecule has 160 valence electrons. The van der Waals surface area contributed by atoms with E-state index < -0.39 is 0 Å². The number of hydrogen-bond donors (Lipinski definition) is 0. The summed E-state index contributed by atoms with van der Waals surface area (Å²) in [6.07, 6.45) is 1.09. The number of rotatable bonds is 4. The monoisotopic (exact) mass is 481 g/mol. The van der Waals surface area contributed by atoms with Crippen LogP contribution < -0.4 is 4.90 Å². The van der Waals surface area contributed by atoms with Crippen LogP contribution in [0.1, 0.15) is 37.4 Å². The molecule has 0 amide bonds. The molecular formula is C26H27NS4. The van der Waals surface area contributed by atoms with Gasteiger partial charge in [-0.2, -0.15) is 0 Å². The Morgan fingerprint density at radius 2 is 1.52 bits per heavy atom. The molecule has 1 aromatic carbocycles. The van der Waals surface area contributed by atoms with Crippen LogP contribution in [0.5, 0.6) is 0 Å². The van der Waals surface area contributed by atoms with Gasteiger partial charge in [0, 0.05) is 64.9 Å². The molecule has 4 heterocycles. The average Bonchev–Trinajstić information content (AvgIpc) is 3.50. The van der Waals surface area contributed by atoms with Gasteiger partial charge < -0.3 is 4.90 Å². The Bertz CT molecular complexity index is 1380. The van der Waals surface area contributed by atoms with Crippen molar-refractivity contribution in [3.63, 3.8) is 0 Å².